The first kappa shape index (κ1) is 11.7. The van der Waals surface area contributed by atoms with Crippen LogP contribution in [0.1, 0.15) is 17.2 Å². The van der Waals surface area contributed by atoms with Gasteiger partial charge in [-0.05, 0) is 29.1 Å². The van der Waals surface area contributed by atoms with Gasteiger partial charge >= 0.3 is 0 Å². The lowest BCUT2D eigenvalue weighted by Gasteiger charge is -2.17. The lowest BCUT2D eigenvalue weighted by molar-refractivity contribution is 0.0244. The van der Waals surface area contributed by atoms with Crippen LogP contribution in [0.4, 0.5) is 5.69 Å². The highest BCUT2D eigenvalue weighted by Crippen LogP contribution is 2.27. The van der Waals surface area contributed by atoms with Crippen molar-refractivity contribution >= 4 is 5.69 Å². The number of rotatable bonds is 4. The number of aliphatic hydroxyl groups is 2. The smallest absolute Gasteiger partial charge is 0.105 e. The van der Waals surface area contributed by atoms with Gasteiger partial charge < -0.3 is 15.5 Å². The normalized spacial score (nSPS) is 16.6. The van der Waals surface area contributed by atoms with E-state index in [1.165, 1.54) is 0 Å². The summed E-state index contributed by atoms with van der Waals surface area (Å²) < 4.78 is 0. The minimum atomic E-state index is -1.07. The number of fused-ring (bicyclic) bond motifs is 1. The number of hydrogen-bond donors (Lipinski definition) is 3. The fraction of sp³-hybridized carbons (Fsp3) is 0.455. The molecule has 0 fully saturated rings. The van der Waals surface area contributed by atoms with Gasteiger partial charge in [0.2, 0.25) is 0 Å². The molecular weight excluding hydrogens is 220 g/mol. The molecule has 0 aliphatic carbocycles. The van der Waals surface area contributed by atoms with Crippen LogP contribution in [0.25, 0.3) is 10.4 Å². The number of benzene rings is 1. The molecule has 6 heteroatoms. The molecule has 1 aromatic carbocycles. The summed E-state index contributed by atoms with van der Waals surface area (Å²) in [6, 6.07) is 5.53. The minimum Gasteiger partial charge on any atom is -0.390 e. The average molecular weight is 234 g/mol. The van der Waals surface area contributed by atoms with Gasteiger partial charge in [0.15, 0.2) is 0 Å². The second kappa shape index (κ2) is 5.05. The Hall–Kier alpha value is -1.75. The van der Waals surface area contributed by atoms with Gasteiger partial charge in [-0.15, -0.1) is 0 Å². The van der Waals surface area contributed by atoms with Crippen molar-refractivity contribution in [2.45, 2.75) is 18.6 Å². The third-order valence-electron chi connectivity index (χ3n) is 2.88. The maximum atomic E-state index is 9.89. The molecule has 2 atom stereocenters. The fourth-order valence-corrected chi connectivity index (χ4v) is 1.95. The standard InChI is InChI=1S/C11H14N4O2/c12-15-14-6-10(16)11(17)8-1-2-9-7(5-8)3-4-13-9/h1-2,5,10-11,13,16-17H,3-4,6H2. The van der Waals surface area contributed by atoms with Gasteiger partial charge in [0, 0.05) is 17.1 Å². The lowest BCUT2D eigenvalue weighted by Crippen LogP contribution is -2.21. The van der Waals surface area contributed by atoms with Gasteiger partial charge in [-0.25, -0.2) is 0 Å². The molecule has 0 amide bonds. The molecule has 0 bridgehead atoms. The number of azide groups is 1. The maximum absolute atomic E-state index is 9.89. The molecule has 0 spiro atoms. The van der Waals surface area contributed by atoms with Crippen LogP contribution in [-0.2, 0) is 6.42 Å². The monoisotopic (exact) mass is 234 g/mol. The van der Waals surface area contributed by atoms with Crippen molar-refractivity contribution in [2.75, 3.05) is 18.4 Å². The summed E-state index contributed by atoms with van der Waals surface area (Å²) in [5.41, 5.74) is 11.0. The van der Waals surface area contributed by atoms with E-state index < -0.39 is 12.2 Å². The third-order valence-corrected chi connectivity index (χ3v) is 2.88. The van der Waals surface area contributed by atoms with E-state index >= 15 is 0 Å². The highest BCUT2D eigenvalue weighted by Gasteiger charge is 2.19. The number of nitrogens with zero attached hydrogens (tertiary/aromatic N) is 3. The zero-order chi connectivity index (χ0) is 12.3. The van der Waals surface area contributed by atoms with Crippen LogP contribution in [0.2, 0.25) is 0 Å². The van der Waals surface area contributed by atoms with Gasteiger partial charge in [-0.2, -0.15) is 0 Å². The Kier molecular flexibility index (Phi) is 3.49. The number of hydrogen-bond acceptors (Lipinski definition) is 4. The van der Waals surface area contributed by atoms with Crippen molar-refractivity contribution in [3.8, 4) is 0 Å². The van der Waals surface area contributed by atoms with Crippen LogP contribution in [0, 0.1) is 0 Å². The third kappa shape index (κ3) is 2.50. The summed E-state index contributed by atoms with van der Waals surface area (Å²) in [5.74, 6) is 0. The van der Waals surface area contributed by atoms with Crippen molar-refractivity contribution < 1.29 is 10.2 Å². The first-order chi connectivity index (χ1) is 8.22. The van der Waals surface area contributed by atoms with Crippen LogP contribution in [0.15, 0.2) is 23.3 Å². The predicted octanol–water partition coefficient (Wildman–Crippen LogP) is 1.36. The number of nitrogens with one attached hydrogen (secondary N) is 1. The second-order valence-corrected chi connectivity index (χ2v) is 4.02. The number of anilines is 1. The zero-order valence-corrected chi connectivity index (χ0v) is 9.24. The molecule has 1 heterocycles. The van der Waals surface area contributed by atoms with E-state index in [1.807, 2.05) is 12.1 Å². The van der Waals surface area contributed by atoms with E-state index in [4.69, 9.17) is 5.53 Å². The van der Waals surface area contributed by atoms with Crippen molar-refractivity contribution in [3.63, 3.8) is 0 Å². The Morgan fingerprint density at radius 1 is 1.47 bits per heavy atom. The largest absolute Gasteiger partial charge is 0.390 e. The van der Waals surface area contributed by atoms with Crippen LogP contribution < -0.4 is 5.32 Å². The van der Waals surface area contributed by atoms with Gasteiger partial charge in [0.25, 0.3) is 0 Å². The Balaban J connectivity index is 2.13. The van der Waals surface area contributed by atoms with Crippen LogP contribution in [0.5, 0.6) is 0 Å². The van der Waals surface area contributed by atoms with Crippen molar-refractivity contribution in [2.24, 2.45) is 5.11 Å². The summed E-state index contributed by atoms with van der Waals surface area (Å²) in [4.78, 5) is 2.55. The van der Waals surface area contributed by atoms with Crippen molar-refractivity contribution in [1.29, 1.82) is 0 Å². The molecule has 1 aliphatic rings. The molecule has 1 aliphatic heterocycles. The molecule has 3 N–H and O–H groups in total. The molecule has 0 aromatic heterocycles. The van der Waals surface area contributed by atoms with Crippen LogP contribution >= 0.6 is 0 Å². The van der Waals surface area contributed by atoms with E-state index in [1.54, 1.807) is 6.07 Å². The van der Waals surface area contributed by atoms with Gasteiger partial charge in [0.05, 0.1) is 12.6 Å². The lowest BCUT2D eigenvalue weighted by atomic mass is 10.0. The SMILES string of the molecule is [N-]=[N+]=NCC(O)C(O)c1ccc2c(c1)CCN2. The molecular formula is C11H14N4O2. The molecule has 0 radical (unpaired) electrons. The van der Waals surface area contributed by atoms with E-state index in [-0.39, 0.29) is 6.54 Å². The summed E-state index contributed by atoms with van der Waals surface area (Å²) >= 11 is 0. The first-order valence-electron chi connectivity index (χ1n) is 5.46. The fourth-order valence-electron chi connectivity index (χ4n) is 1.95. The number of aliphatic hydroxyl groups excluding tert-OH is 2. The molecule has 1 aromatic rings. The van der Waals surface area contributed by atoms with E-state index in [9.17, 15) is 10.2 Å². The summed E-state index contributed by atoms with van der Waals surface area (Å²) in [5, 5.41) is 26.0. The molecule has 0 saturated carbocycles. The Labute approximate surface area is 98.5 Å². The molecule has 6 nitrogen and oxygen atoms in total. The molecule has 2 unspecified atom stereocenters. The van der Waals surface area contributed by atoms with E-state index in [0.29, 0.717) is 5.56 Å². The molecule has 2 rings (SSSR count). The summed E-state index contributed by atoms with van der Waals surface area (Å²) in [6.45, 7) is 0.767. The Bertz CT molecular complexity index is 457. The topological polar surface area (TPSA) is 101 Å². The second-order valence-electron chi connectivity index (χ2n) is 4.02. The predicted molar refractivity (Wildman–Crippen MR) is 63.6 cm³/mol. The Morgan fingerprint density at radius 3 is 3.06 bits per heavy atom. The first-order valence-corrected chi connectivity index (χ1v) is 5.46. The van der Waals surface area contributed by atoms with Gasteiger partial charge in [0.1, 0.15) is 6.10 Å². The van der Waals surface area contributed by atoms with Crippen LogP contribution in [0.3, 0.4) is 0 Å². The minimum absolute atomic E-state index is 0.132. The highest BCUT2D eigenvalue weighted by molar-refractivity contribution is 5.56. The highest BCUT2D eigenvalue weighted by atomic mass is 16.3. The summed E-state index contributed by atoms with van der Waals surface area (Å²) in [6.07, 6.45) is -1.17. The van der Waals surface area contributed by atoms with Crippen molar-refractivity contribution in [3.05, 3.63) is 39.8 Å². The van der Waals surface area contributed by atoms with E-state index in [2.05, 4.69) is 15.3 Å². The molecule has 90 valence electrons. The summed E-state index contributed by atoms with van der Waals surface area (Å²) in [7, 11) is 0. The maximum Gasteiger partial charge on any atom is 0.105 e. The molecule has 17 heavy (non-hydrogen) atoms. The van der Waals surface area contributed by atoms with Crippen molar-refractivity contribution in [1.82, 2.24) is 0 Å². The average Bonchev–Trinajstić information content (AvgIpc) is 2.81. The van der Waals surface area contributed by atoms with Gasteiger partial charge in [-0.1, -0.05) is 17.2 Å². The Morgan fingerprint density at radius 2 is 2.29 bits per heavy atom. The molecule has 0 saturated heterocycles. The van der Waals surface area contributed by atoms with Crippen LogP contribution in [-0.4, -0.2) is 29.4 Å². The van der Waals surface area contributed by atoms with Gasteiger partial charge in [-0.3, -0.25) is 0 Å². The zero-order valence-electron chi connectivity index (χ0n) is 9.24. The van der Waals surface area contributed by atoms with E-state index in [0.717, 1.165) is 24.2 Å². The quantitative estimate of drug-likeness (QED) is 0.416.